The van der Waals surface area contributed by atoms with E-state index in [4.69, 9.17) is 9.84 Å². The van der Waals surface area contributed by atoms with E-state index in [1.165, 1.54) is 96.0 Å². The lowest BCUT2D eigenvalue weighted by Crippen LogP contribution is -2.04. The Morgan fingerprint density at radius 3 is 1.46 bits per heavy atom. The third-order valence-electron chi connectivity index (χ3n) is 5.00. The quantitative estimate of drug-likeness (QED) is 0.126. The molecule has 0 saturated carbocycles. The summed E-state index contributed by atoms with van der Waals surface area (Å²) in [6, 6.07) is 0. The summed E-state index contributed by atoms with van der Waals surface area (Å²) in [6.07, 6.45) is 24.4. The molecule has 0 heterocycles. The molecule has 1 N–H and O–H groups in total. The number of hydrogen-bond acceptors (Lipinski definition) is 3. The third kappa shape index (κ3) is 22.7. The molecule has 4 heteroatoms. The molecule has 0 fully saturated rings. The molecule has 4 nitrogen and oxygen atoms in total. The zero-order valence-electron chi connectivity index (χ0n) is 18.3. The van der Waals surface area contributed by atoms with E-state index in [0.717, 1.165) is 12.8 Å². The van der Waals surface area contributed by atoms with Crippen molar-refractivity contribution in [3.63, 3.8) is 0 Å². The van der Waals surface area contributed by atoms with Gasteiger partial charge >= 0.3 is 11.9 Å². The average molecular weight is 397 g/mol. The van der Waals surface area contributed by atoms with Crippen molar-refractivity contribution in [2.45, 2.75) is 122 Å². The van der Waals surface area contributed by atoms with Crippen molar-refractivity contribution in [2.24, 2.45) is 0 Å². The first-order valence-electron chi connectivity index (χ1n) is 11.7. The van der Waals surface area contributed by atoms with Gasteiger partial charge in [-0.1, -0.05) is 115 Å². The molecule has 0 aromatic heterocycles. The van der Waals surface area contributed by atoms with Crippen LogP contribution in [0, 0.1) is 0 Å². The number of carboxylic acid groups (broad SMARTS) is 1. The molecule has 0 atom stereocenters. The van der Waals surface area contributed by atoms with Crippen LogP contribution in [0.5, 0.6) is 0 Å². The Kier molecular flexibility index (Phi) is 20.9. The van der Waals surface area contributed by atoms with Gasteiger partial charge in [0.1, 0.15) is 0 Å². The summed E-state index contributed by atoms with van der Waals surface area (Å²) in [5.41, 5.74) is 0. The fourth-order valence-electron chi connectivity index (χ4n) is 3.26. The number of aliphatic carboxylic acids is 1. The van der Waals surface area contributed by atoms with Crippen molar-refractivity contribution in [3.8, 4) is 0 Å². The summed E-state index contributed by atoms with van der Waals surface area (Å²) in [5, 5.41) is 8.48. The van der Waals surface area contributed by atoms with E-state index in [2.05, 4.69) is 6.92 Å². The summed E-state index contributed by atoms with van der Waals surface area (Å²) in [7, 11) is 0. The van der Waals surface area contributed by atoms with Crippen LogP contribution in [0.2, 0.25) is 0 Å². The second-order valence-corrected chi connectivity index (χ2v) is 7.80. The maximum atomic E-state index is 11.4. The third-order valence-corrected chi connectivity index (χ3v) is 5.00. The first kappa shape index (κ1) is 26.7. The molecule has 0 unspecified atom stereocenters. The van der Waals surface area contributed by atoms with Crippen LogP contribution in [0.15, 0.2) is 12.2 Å². The molecule has 0 aliphatic carbocycles. The monoisotopic (exact) mass is 396 g/mol. The number of esters is 1. The van der Waals surface area contributed by atoms with Crippen LogP contribution in [0.1, 0.15) is 122 Å². The topological polar surface area (TPSA) is 63.6 Å². The Hall–Kier alpha value is -1.32. The van der Waals surface area contributed by atoms with E-state index in [1.807, 2.05) is 0 Å². The second-order valence-electron chi connectivity index (χ2n) is 7.80. The number of hydrogen-bond donors (Lipinski definition) is 1. The van der Waals surface area contributed by atoms with Crippen molar-refractivity contribution in [1.82, 2.24) is 0 Å². The molecule has 0 aliphatic heterocycles. The highest BCUT2D eigenvalue weighted by Crippen LogP contribution is 2.13. The molecule has 0 aromatic carbocycles. The minimum atomic E-state index is -0.891. The van der Waals surface area contributed by atoms with Crippen molar-refractivity contribution < 1.29 is 19.4 Å². The molecule has 0 saturated heterocycles. The molecule has 164 valence electrons. The molecule has 0 rings (SSSR count). The van der Waals surface area contributed by atoms with Crippen LogP contribution in [-0.4, -0.2) is 23.7 Å². The predicted molar refractivity (Wildman–Crippen MR) is 117 cm³/mol. The highest BCUT2D eigenvalue weighted by atomic mass is 16.5. The van der Waals surface area contributed by atoms with Crippen LogP contribution >= 0.6 is 0 Å². The minimum absolute atomic E-state index is 0.0492. The summed E-state index contributed by atoms with van der Waals surface area (Å²) < 4.78 is 5.13. The van der Waals surface area contributed by atoms with Crippen LogP contribution < -0.4 is 0 Å². The van der Waals surface area contributed by atoms with Crippen molar-refractivity contribution in [2.75, 3.05) is 6.61 Å². The van der Waals surface area contributed by atoms with Gasteiger partial charge in [-0.2, -0.15) is 0 Å². The standard InChI is InChI=1S/C24H44O4/c1-2-3-4-5-6-7-8-9-10-11-12-13-14-15-16-19-22-28-24(27)21-18-17-20-23(25)26/h17-18H,2-16,19-22H2,1H3,(H,25,26)/b18-17-. The SMILES string of the molecule is CCCCCCCCCCCCCCCCCCOC(=O)C/C=C\CC(=O)O. The number of carboxylic acids is 1. The largest absolute Gasteiger partial charge is 0.481 e. The predicted octanol–water partition coefficient (Wildman–Crippen LogP) is 7.21. The van der Waals surface area contributed by atoms with E-state index in [-0.39, 0.29) is 18.8 Å². The average Bonchev–Trinajstić information content (AvgIpc) is 2.67. The maximum absolute atomic E-state index is 11.4. The van der Waals surface area contributed by atoms with Gasteiger partial charge in [0.2, 0.25) is 0 Å². The van der Waals surface area contributed by atoms with Gasteiger partial charge in [-0.25, -0.2) is 0 Å². The summed E-state index contributed by atoms with van der Waals surface area (Å²) in [5.74, 6) is -1.17. The van der Waals surface area contributed by atoms with Crippen molar-refractivity contribution in [1.29, 1.82) is 0 Å². The van der Waals surface area contributed by atoms with Gasteiger partial charge in [-0.05, 0) is 6.42 Å². The molecule has 0 amide bonds. The molecular formula is C24H44O4. The zero-order chi connectivity index (χ0) is 20.7. The van der Waals surface area contributed by atoms with Crippen LogP contribution in [0.4, 0.5) is 0 Å². The summed E-state index contributed by atoms with van der Waals surface area (Å²) >= 11 is 0. The number of carbonyl (C=O) groups is 2. The van der Waals surface area contributed by atoms with E-state index < -0.39 is 5.97 Å². The lowest BCUT2D eigenvalue weighted by Gasteiger charge is -2.04. The zero-order valence-corrected chi connectivity index (χ0v) is 18.3. The number of ether oxygens (including phenoxy) is 1. The summed E-state index contributed by atoms with van der Waals surface area (Å²) in [4.78, 5) is 21.7. The van der Waals surface area contributed by atoms with Gasteiger partial charge in [-0.15, -0.1) is 0 Å². The van der Waals surface area contributed by atoms with E-state index in [1.54, 1.807) is 6.08 Å². The lowest BCUT2D eigenvalue weighted by molar-refractivity contribution is -0.142. The Balaban J connectivity index is 3.16. The first-order valence-corrected chi connectivity index (χ1v) is 11.7. The molecule has 0 radical (unpaired) electrons. The fourth-order valence-corrected chi connectivity index (χ4v) is 3.26. The smallest absolute Gasteiger partial charge is 0.309 e. The Morgan fingerprint density at radius 2 is 1.04 bits per heavy atom. The van der Waals surface area contributed by atoms with E-state index >= 15 is 0 Å². The number of carbonyl (C=O) groups excluding carboxylic acids is 1. The highest BCUT2D eigenvalue weighted by Gasteiger charge is 2.00. The minimum Gasteiger partial charge on any atom is -0.481 e. The number of unbranched alkanes of at least 4 members (excludes halogenated alkanes) is 15. The fraction of sp³-hybridized carbons (Fsp3) is 0.833. The van der Waals surface area contributed by atoms with Gasteiger partial charge in [0.05, 0.1) is 19.4 Å². The number of rotatable bonds is 21. The first-order chi connectivity index (χ1) is 13.7. The molecule has 0 aliphatic rings. The van der Waals surface area contributed by atoms with Crippen molar-refractivity contribution in [3.05, 3.63) is 12.2 Å². The maximum Gasteiger partial charge on any atom is 0.309 e. The molecule has 0 aromatic rings. The van der Waals surface area contributed by atoms with Crippen LogP contribution in [0.25, 0.3) is 0 Å². The van der Waals surface area contributed by atoms with Crippen LogP contribution in [-0.2, 0) is 14.3 Å². The molecule has 28 heavy (non-hydrogen) atoms. The van der Waals surface area contributed by atoms with Crippen molar-refractivity contribution >= 4 is 11.9 Å². The van der Waals surface area contributed by atoms with Crippen LogP contribution in [0.3, 0.4) is 0 Å². The van der Waals surface area contributed by atoms with Gasteiger partial charge in [-0.3, -0.25) is 9.59 Å². The second kappa shape index (κ2) is 22.0. The molecule has 0 bridgehead atoms. The molecular weight excluding hydrogens is 352 g/mol. The van der Waals surface area contributed by atoms with E-state index in [0.29, 0.717) is 6.61 Å². The summed E-state index contributed by atoms with van der Waals surface area (Å²) in [6.45, 7) is 2.75. The lowest BCUT2D eigenvalue weighted by atomic mass is 10.0. The van der Waals surface area contributed by atoms with Gasteiger partial charge < -0.3 is 9.84 Å². The van der Waals surface area contributed by atoms with Gasteiger partial charge in [0, 0.05) is 0 Å². The normalized spacial score (nSPS) is 11.2. The Bertz CT molecular complexity index is 390. The Labute approximate surface area is 173 Å². The Morgan fingerprint density at radius 1 is 0.643 bits per heavy atom. The van der Waals surface area contributed by atoms with Gasteiger partial charge in [0.15, 0.2) is 0 Å². The molecule has 0 spiro atoms. The highest BCUT2D eigenvalue weighted by molar-refractivity contribution is 5.72. The van der Waals surface area contributed by atoms with E-state index in [9.17, 15) is 9.59 Å². The van der Waals surface area contributed by atoms with Gasteiger partial charge in [0.25, 0.3) is 0 Å².